The number of benzene rings is 3. The number of nitrogens with one attached hydrogen (secondary N) is 3. The summed E-state index contributed by atoms with van der Waals surface area (Å²) in [6.07, 6.45) is 4.57. The molecule has 1 aliphatic rings. The second kappa shape index (κ2) is 13.3. The number of nitrogens with zero attached hydrogens (tertiary/aromatic N) is 2. The molecule has 0 saturated heterocycles. The van der Waals surface area contributed by atoms with Gasteiger partial charge in [0.25, 0.3) is 0 Å². The maximum absolute atomic E-state index is 13.2. The molecule has 41 heavy (non-hydrogen) atoms. The quantitative estimate of drug-likeness (QED) is 0.169. The van der Waals surface area contributed by atoms with Crippen LogP contribution in [0.2, 0.25) is 10.0 Å². The van der Waals surface area contributed by atoms with E-state index in [1.807, 2.05) is 24.3 Å². The zero-order valence-electron chi connectivity index (χ0n) is 22.4. The van der Waals surface area contributed by atoms with Crippen LogP contribution in [0.5, 0.6) is 0 Å². The molecular formula is C30H32Cl2FN5O2S. The van der Waals surface area contributed by atoms with E-state index < -0.39 is 10.0 Å². The molecule has 1 aromatic heterocycles. The summed E-state index contributed by atoms with van der Waals surface area (Å²) in [5.41, 5.74) is 1.90. The van der Waals surface area contributed by atoms with Crippen molar-refractivity contribution in [1.82, 2.24) is 14.7 Å². The Hall–Kier alpha value is -2.98. The first-order chi connectivity index (χ1) is 19.7. The van der Waals surface area contributed by atoms with E-state index in [0.29, 0.717) is 25.0 Å². The summed E-state index contributed by atoms with van der Waals surface area (Å²) in [5.74, 6) is 1.81. The Morgan fingerprint density at radius 2 is 1.49 bits per heavy atom. The van der Waals surface area contributed by atoms with Crippen molar-refractivity contribution < 1.29 is 12.8 Å². The molecule has 1 heterocycles. The highest BCUT2D eigenvalue weighted by Crippen LogP contribution is 2.30. The highest BCUT2D eigenvalue weighted by molar-refractivity contribution is 7.89. The number of sulfonamides is 1. The van der Waals surface area contributed by atoms with Gasteiger partial charge < -0.3 is 10.6 Å². The third-order valence-corrected chi connectivity index (χ3v) is 9.29. The lowest BCUT2D eigenvalue weighted by Crippen LogP contribution is -2.32. The summed E-state index contributed by atoms with van der Waals surface area (Å²) in [7, 11) is -3.68. The number of halogens is 3. The Labute approximate surface area is 249 Å². The summed E-state index contributed by atoms with van der Waals surface area (Å²) in [6.45, 7) is 1.78. The van der Waals surface area contributed by atoms with Crippen LogP contribution in [-0.2, 0) is 16.4 Å². The van der Waals surface area contributed by atoms with Gasteiger partial charge in [0, 0.05) is 35.1 Å². The van der Waals surface area contributed by atoms with Gasteiger partial charge in [0.2, 0.25) is 16.0 Å². The van der Waals surface area contributed by atoms with E-state index in [1.165, 1.54) is 30.3 Å². The van der Waals surface area contributed by atoms with Gasteiger partial charge in [-0.05, 0) is 92.0 Å². The highest BCUT2D eigenvalue weighted by atomic mass is 35.5. The van der Waals surface area contributed by atoms with Crippen molar-refractivity contribution in [2.24, 2.45) is 11.8 Å². The van der Waals surface area contributed by atoms with Crippen molar-refractivity contribution in [2.45, 2.75) is 37.0 Å². The molecule has 0 amide bonds. The monoisotopic (exact) mass is 615 g/mol. The zero-order chi connectivity index (χ0) is 28.8. The van der Waals surface area contributed by atoms with E-state index in [-0.39, 0.29) is 26.7 Å². The van der Waals surface area contributed by atoms with Gasteiger partial charge in [-0.25, -0.2) is 22.5 Å². The molecule has 3 aromatic carbocycles. The zero-order valence-corrected chi connectivity index (χ0v) is 24.7. The molecule has 0 bridgehead atoms. The lowest BCUT2D eigenvalue weighted by molar-refractivity contribution is 0.284. The molecule has 216 valence electrons. The van der Waals surface area contributed by atoms with Crippen LogP contribution in [-0.4, -0.2) is 38.0 Å². The molecule has 0 radical (unpaired) electrons. The first kappa shape index (κ1) is 29.5. The fourth-order valence-electron chi connectivity index (χ4n) is 5.14. The molecule has 1 aliphatic carbocycles. The number of hydrogen-bond donors (Lipinski definition) is 3. The molecule has 1 fully saturated rings. The number of fused-ring (bicyclic) bond motifs is 1. The molecule has 0 spiro atoms. The van der Waals surface area contributed by atoms with Gasteiger partial charge in [-0.15, -0.1) is 0 Å². The van der Waals surface area contributed by atoms with Gasteiger partial charge in [-0.2, -0.15) is 4.98 Å². The standard InChI is InChI=1S/C30H32Cl2FN5O2S/c31-23-15-24(32)17-26(16-23)41(39,40)36-19-22-7-5-21(6-8-22)18-35-30-37-28-4-2-1-3-27(28)29(38-30)34-14-13-20-9-11-25(33)12-10-20/h1-4,9-12,15-17,21-22,36H,5-8,13-14,18-19H2,(H2,34,35,37,38)/t21-,22-. The smallest absolute Gasteiger partial charge is 0.240 e. The normalized spacial score (nSPS) is 17.4. The minimum Gasteiger partial charge on any atom is -0.369 e. The predicted octanol–water partition coefficient (Wildman–Crippen LogP) is 6.93. The summed E-state index contributed by atoms with van der Waals surface area (Å²) in [6, 6.07) is 18.7. The fourth-order valence-corrected chi connectivity index (χ4v) is 6.98. The summed E-state index contributed by atoms with van der Waals surface area (Å²) in [4.78, 5) is 9.54. The van der Waals surface area contributed by atoms with Crippen LogP contribution in [0, 0.1) is 17.7 Å². The van der Waals surface area contributed by atoms with Gasteiger partial charge in [-0.3, -0.25) is 0 Å². The third-order valence-electron chi connectivity index (χ3n) is 7.45. The van der Waals surface area contributed by atoms with Gasteiger partial charge in [0.1, 0.15) is 11.6 Å². The molecule has 3 N–H and O–H groups in total. The highest BCUT2D eigenvalue weighted by Gasteiger charge is 2.24. The van der Waals surface area contributed by atoms with Crippen LogP contribution >= 0.6 is 23.2 Å². The van der Waals surface area contributed by atoms with Crippen molar-refractivity contribution in [3.8, 4) is 0 Å². The van der Waals surface area contributed by atoms with Crippen LogP contribution in [0.15, 0.2) is 71.6 Å². The Balaban J connectivity index is 1.12. The fraction of sp³-hybridized carbons (Fsp3) is 0.333. The second-order valence-corrected chi connectivity index (χ2v) is 13.1. The SMILES string of the molecule is O=S(=O)(NC[C@H]1CC[C@H](CNc2nc(NCCc3ccc(F)cc3)c3ccccc3n2)CC1)c1cc(Cl)cc(Cl)c1. The van der Waals surface area contributed by atoms with Crippen molar-refractivity contribution in [3.63, 3.8) is 0 Å². The molecule has 11 heteroatoms. The average molecular weight is 617 g/mol. The Kier molecular flexibility index (Phi) is 9.60. The third kappa shape index (κ3) is 8.07. The van der Waals surface area contributed by atoms with Crippen molar-refractivity contribution in [2.75, 3.05) is 30.3 Å². The number of anilines is 2. The second-order valence-electron chi connectivity index (χ2n) is 10.4. The number of para-hydroxylation sites is 1. The summed E-state index contributed by atoms with van der Waals surface area (Å²) in [5, 5.41) is 8.36. The molecule has 7 nitrogen and oxygen atoms in total. The topological polar surface area (TPSA) is 96.0 Å². The number of rotatable bonds is 11. The van der Waals surface area contributed by atoms with Crippen LogP contribution in [0.1, 0.15) is 31.2 Å². The van der Waals surface area contributed by atoms with E-state index in [9.17, 15) is 12.8 Å². The van der Waals surface area contributed by atoms with Gasteiger partial charge in [0.15, 0.2) is 0 Å². The largest absolute Gasteiger partial charge is 0.369 e. The summed E-state index contributed by atoms with van der Waals surface area (Å²) < 4.78 is 41.3. The van der Waals surface area contributed by atoms with Crippen LogP contribution in [0.4, 0.5) is 16.2 Å². The Bertz CT molecular complexity index is 1580. The molecule has 4 aromatic rings. The lowest BCUT2D eigenvalue weighted by atomic mass is 9.82. The molecule has 0 atom stereocenters. The first-order valence-corrected chi connectivity index (χ1v) is 15.9. The van der Waals surface area contributed by atoms with E-state index in [4.69, 9.17) is 33.2 Å². The van der Waals surface area contributed by atoms with E-state index in [2.05, 4.69) is 15.4 Å². The van der Waals surface area contributed by atoms with Gasteiger partial charge in [-0.1, -0.05) is 47.5 Å². The summed E-state index contributed by atoms with van der Waals surface area (Å²) >= 11 is 12.0. The lowest BCUT2D eigenvalue weighted by Gasteiger charge is -2.28. The van der Waals surface area contributed by atoms with Gasteiger partial charge in [0.05, 0.1) is 10.4 Å². The molecule has 0 aliphatic heterocycles. The predicted molar refractivity (Wildman–Crippen MR) is 164 cm³/mol. The van der Waals surface area contributed by atoms with Gasteiger partial charge >= 0.3 is 0 Å². The van der Waals surface area contributed by atoms with E-state index in [1.54, 1.807) is 12.1 Å². The Morgan fingerprint density at radius 3 is 2.20 bits per heavy atom. The van der Waals surface area contributed by atoms with E-state index in [0.717, 1.165) is 60.9 Å². The number of hydrogen-bond acceptors (Lipinski definition) is 6. The average Bonchev–Trinajstić information content (AvgIpc) is 2.96. The first-order valence-electron chi connectivity index (χ1n) is 13.7. The van der Waals surface area contributed by atoms with E-state index >= 15 is 0 Å². The molecular weight excluding hydrogens is 584 g/mol. The van der Waals surface area contributed by atoms with Crippen LogP contribution in [0.3, 0.4) is 0 Å². The molecule has 5 rings (SSSR count). The maximum atomic E-state index is 13.2. The molecule has 0 unspecified atom stereocenters. The Morgan fingerprint density at radius 1 is 0.829 bits per heavy atom. The van der Waals surface area contributed by atoms with Crippen LogP contribution < -0.4 is 15.4 Å². The van der Waals surface area contributed by atoms with Crippen LogP contribution in [0.25, 0.3) is 10.9 Å². The van der Waals surface area contributed by atoms with Crippen molar-refractivity contribution in [1.29, 1.82) is 0 Å². The number of aromatic nitrogens is 2. The van der Waals surface area contributed by atoms with Crippen molar-refractivity contribution >= 4 is 55.9 Å². The van der Waals surface area contributed by atoms with Crippen molar-refractivity contribution in [3.05, 3.63) is 88.2 Å². The molecule has 1 saturated carbocycles. The minimum atomic E-state index is -3.68. The maximum Gasteiger partial charge on any atom is 0.240 e. The minimum absolute atomic E-state index is 0.0765.